The second kappa shape index (κ2) is 5.03. The Morgan fingerprint density at radius 2 is 2.44 bits per heavy atom. The summed E-state index contributed by atoms with van der Waals surface area (Å²) in [7, 11) is 1.32. The molecule has 1 fully saturated rings. The van der Waals surface area contributed by atoms with Crippen LogP contribution in [0.1, 0.15) is 23.4 Å². The number of furan rings is 1. The van der Waals surface area contributed by atoms with Gasteiger partial charge in [0.05, 0.1) is 7.11 Å². The van der Waals surface area contributed by atoms with Crippen LogP contribution in [0.25, 0.3) is 0 Å². The van der Waals surface area contributed by atoms with E-state index >= 15 is 0 Å². The van der Waals surface area contributed by atoms with E-state index in [9.17, 15) is 4.79 Å². The SMILES string of the molecule is COC(=O)c1ccc(OC2CCCNC2)o1. The number of esters is 1. The quantitative estimate of drug-likeness (QED) is 0.783. The van der Waals surface area contributed by atoms with Crippen LogP contribution in [0.15, 0.2) is 16.5 Å². The lowest BCUT2D eigenvalue weighted by Crippen LogP contribution is -2.37. The number of carbonyl (C=O) groups is 1. The number of piperidine rings is 1. The minimum Gasteiger partial charge on any atom is -0.463 e. The van der Waals surface area contributed by atoms with Crippen LogP contribution in [0.2, 0.25) is 0 Å². The monoisotopic (exact) mass is 225 g/mol. The maximum atomic E-state index is 11.1. The Kier molecular flexibility index (Phi) is 3.46. The Morgan fingerprint density at radius 1 is 1.56 bits per heavy atom. The molecular formula is C11H15NO4. The topological polar surface area (TPSA) is 60.7 Å². The van der Waals surface area contributed by atoms with Gasteiger partial charge in [0.2, 0.25) is 5.76 Å². The zero-order valence-corrected chi connectivity index (χ0v) is 9.19. The second-order valence-corrected chi connectivity index (χ2v) is 3.70. The van der Waals surface area contributed by atoms with Gasteiger partial charge in [0, 0.05) is 12.6 Å². The Hall–Kier alpha value is -1.49. The smallest absolute Gasteiger partial charge is 0.374 e. The fourth-order valence-corrected chi connectivity index (χ4v) is 1.68. The maximum absolute atomic E-state index is 11.1. The van der Waals surface area contributed by atoms with E-state index in [0.29, 0.717) is 5.95 Å². The second-order valence-electron chi connectivity index (χ2n) is 3.70. The van der Waals surface area contributed by atoms with Gasteiger partial charge in [-0.15, -0.1) is 0 Å². The summed E-state index contributed by atoms with van der Waals surface area (Å²) in [6.07, 6.45) is 2.21. The van der Waals surface area contributed by atoms with Crippen molar-refractivity contribution in [2.75, 3.05) is 20.2 Å². The van der Waals surface area contributed by atoms with Gasteiger partial charge in [-0.1, -0.05) is 0 Å². The molecule has 0 radical (unpaired) electrons. The third kappa shape index (κ3) is 2.55. The molecule has 2 heterocycles. The number of nitrogens with one attached hydrogen (secondary N) is 1. The summed E-state index contributed by atoms with van der Waals surface area (Å²) in [6.45, 7) is 1.85. The summed E-state index contributed by atoms with van der Waals surface area (Å²) in [6, 6.07) is 3.19. The van der Waals surface area contributed by atoms with Crippen molar-refractivity contribution < 1.29 is 18.7 Å². The fraction of sp³-hybridized carbons (Fsp3) is 0.545. The van der Waals surface area contributed by atoms with Crippen molar-refractivity contribution in [1.29, 1.82) is 0 Å². The summed E-state index contributed by atoms with van der Waals surface area (Å²) in [5.74, 6) is 0.0481. The lowest BCUT2D eigenvalue weighted by atomic mass is 10.1. The molecule has 1 aliphatic rings. The summed E-state index contributed by atoms with van der Waals surface area (Å²) >= 11 is 0. The van der Waals surface area contributed by atoms with Crippen molar-refractivity contribution in [3.05, 3.63) is 17.9 Å². The number of hydrogen-bond acceptors (Lipinski definition) is 5. The van der Waals surface area contributed by atoms with Crippen LogP contribution >= 0.6 is 0 Å². The molecule has 0 aromatic carbocycles. The lowest BCUT2D eigenvalue weighted by Gasteiger charge is -2.22. The molecule has 16 heavy (non-hydrogen) atoms. The van der Waals surface area contributed by atoms with Crippen molar-refractivity contribution in [2.45, 2.75) is 18.9 Å². The van der Waals surface area contributed by atoms with E-state index in [2.05, 4.69) is 10.1 Å². The molecular weight excluding hydrogens is 210 g/mol. The minimum atomic E-state index is -0.489. The third-order valence-corrected chi connectivity index (χ3v) is 2.50. The van der Waals surface area contributed by atoms with E-state index in [0.717, 1.165) is 25.9 Å². The molecule has 1 aliphatic heterocycles. The summed E-state index contributed by atoms with van der Waals surface area (Å²) in [5.41, 5.74) is 0. The van der Waals surface area contributed by atoms with Crippen LogP contribution in [-0.2, 0) is 4.74 Å². The predicted octanol–water partition coefficient (Wildman–Crippen LogP) is 1.20. The van der Waals surface area contributed by atoms with Crippen LogP contribution in [0.4, 0.5) is 0 Å². The van der Waals surface area contributed by atoms with Gasteiger partial charge in [-0.25, -0.2) is 4.79 Å². The van der Waals surface area contributed by atoms with E-state index in [1.807, 2.05) is 0 Å². The first kappa shape index (κ1) is 11.0. The molecule has 1 aromatic rings. The van der Waals surface area contributed by atoms with Crippen LogP contribution in [0.3, 0.4) is 0 Å². The number of methoxy groups -OCH3 is 1. The molecule has 0 aliphatic carbocycles. The van der Waals surface area contributed by atoms with Gasteiger partial charge in [-0.2, -0.15) is 0 Å². The van der Waals surface area contributed by atoms with E-state index in [1.54, 1.807) is 12.1 Å². The standard InChI is InChI=1S/C11H15NO4/c1-14-11(13)9-4-5-10(16-9)15-8-3-2-6-12-7-8/h4-5,8,12H,2-3,6-7H2,1H3. The van der Waals surface area contributed by atoms with Gasteiger partial charge in [0.25, 0.3) is 5.95 Å². The Balaban J connectivity index is 1.94. The lowest BCUT2D eigenvalue weighted by molar-refractivity contribution is 0.0546. The van der Waals surface area contributed by atoms with Gasteiger partial charge in [-0.3, -0.25) is 0 Å². The number of hydrogen-bond donors (Lipinski definition) is 1. The van der Waals surface area contributed by atoms with Crippen molar-refractivity contribution in [3.63, 3.8) is 0 Å². The highest BCUT2D eigenvalue weighted by atomic mass is 16.6. The van der Waals surface area contributed by atoms with Gasteiger partial charge < -0.3 is 19.2 Å². The predicted molar refractivity (Wildman–Crippen MR) is 56.6 cm³/mol. The molecule has 0 bridgehead atoms. The molecule has 1 unspecified atom stereocenters. The molecule has 1 saturated heterocycles. The first-order valence-electron chi connectivity index (χ1n) is 5.35. The van der Waals surface area contributed by atoms with Crippen LogP contribution in [0, 0.1) is 0 Å². The van der Waals surface area contributed by atoms with Crippen LogP contribution in [-0.4, -0.2) is 32.3 Å². The molecule has 0 spiro atoms. The average Bonchev–Trinajstić information content (AvgIpc) is 2.78. The van der Waals surface area contributed by atoms with Gasteiger partial charge in [0.1, 0.15) is 6.10 Å². The van der Waals surface area contributed by atoms with Gasteiger partial charge in [-0.05, 0) is 25.5 Å². The molecule has 5 heteroatoms. The third-order valence-electron chi connectivity index (χ3n) is 2.50. The Labute approximate surface area is 93.7 Å². The summed E-state index contributed by atoms with van der Waals surface area (Å²) in [4.78, 5) is 11.1. The zero-order chi connectivity index (χ0) is 11.4. The highest BCUT2D eigenvalue weighted by molar-refractivity contribution is 5.86. The number of rotatable bonds is 3. The molecule has 1 N–H and O–H groups in total. The minimum absolute atomic E-state index is 0.116. The van der Waals surface area contributed by atoms with Gasteiger partial charge in [0.15, 0.2) is 0 Å². The van der Waals surface area contributed by atoms with E-state index in [-0.39, 0.29) is 11.9 Å². The van der Waals surface area contributed by atoms with Gasteiger partial charge >= 0.3 is 5.97 Å². The van der Waals surface area contributed by atoms with Crippen LogP contribution in [0.5, 0.6) is 5.95 Å². The largest absolute Gasteiger partial charge is 0.463 e. The normalized spacial score (nSPS) is 20.4. The van der Waals surface area contributed by atoms with Crippen LogP contribution < -0.4 is 10.1 Å². The van der Waals surface area contributed by atoms with Crippen molar-refractivity contribution >= 4 is 5.97 Å². The maximum Gasteiger partial charge on any atom is 0.374 e. The molecule has 1 aromatic heterocycles. The number of ether oxygens (including phenoxy) is 2. The zero-order valence-electron chi connectivity index (χ0n) is 9.19. The van der Waals surface area contributed by atoms with Crippen molar-refractivity contribution in [3.8, 4) is 5.95 Å². The highest BCUT2D eigenvalue weighted by Gasteiger charge is 2.17. The van der Waals surface area contributed by atoms with Crippen molar-refractivity contribution in [2.24, 2.45) is 0 Å². The molecule has 2 rings (SSSR count). The first-order valence-corrected chi connectivity index (χ1v) is 5.35. The van der Waals surface area contributed by atoms with E-state index < -0.39 is 5.97 Å². The highest BCUT2D eigenvalue weighted by Crippen LogP contribution is 2.19. The Morgan fingerprint density at radius 3 is 3.12 bits per heavy atom. The fourth-order valence-electron chi connectivity index (χ4n) is 1.68. The average molecular weight is 225 g/mol. The molecule has 0 saturated carbocycles. The summed E-state index contributed by atoms with van der Waals surface area (Å²) in [5, 5.41) is 3.24. The summed E-state index contributed by atoms with van der Waals surface area (Å²) < 4.78 is 15.3. The molecule has 0 amide bonds. The molecule has 1 atom stereocenters. The molecule has 88 valence electrons. The Bertz CT molecular complexity index is 355. The molecule has 5 nitrogen and oxygen atoms in total. The van der Waals surface area contributed by atoms with E-state index in [4.69, 9.17) is 9.15 Å². The van der Waals surface area contributed by atoms with Crippen molar-refractivity contribution in [1.82, 2.24) is 5.32 Å². The van der Waals surface area contributed by atoms with E-state index in [1.165, 1.54) is 7.11 Å². The first-order chi connectivity index (χ1) is 7.79. The number of carbonyl (C=O) groups excluding carboxylic acids is 1.